The molecule has 11 heteroatoms. The zero-order chi connectivity index (χ0) is 32.4. The van der Waals surface area contributed by atoms with E-state index in [1.54, 1.807) is 27.9 Å². The van der Waals surface area contributed by atoms with E-state index in [9.17, 15) is 19.5 Å². The smallest absolute Gasteiger partial charge is 0.408 e. The van der Waals surface area contributed by atoms with Crippen LogP contribution >= 0.6 is 0 Å². The Morgan fingerprint density at radius 3 is 2.71 bits per heavy atom. The van der Waals surface area contributed by atoms with Gasteiger partial charge in [-0.1, -0.05) is 39.7 Å². The number of nitrogens with zero attached hydrogens (tertiary/aromatic N) is 1. The van der Waals surface area contributed by atoms with Gasteiger partial charge in [0.05, 0.1) is 25.4 Å². The first-order valence-corrected chi connectivity index (χ1v) is 15.8. The number of methoxy groups -OCH3 is 2. The van der Waals surface area contributed by atoms with Gasteiger partial charge in [-0.2, -0.15) is 0 Å². The van der Waals surface area contributed by atoms with Gasteiger partial charge in [0.15, 0.2) is 0 Å². The fourth-order valence-electron chi connectivity index (χ4n) is 6.73. The normalized spacial score (nSPS) is 24.6. The van der Waals surface area contributed by atoms with Gasteiger partial charge in [-0.15, -0.1) is 0 Å². The first-order valence-electron chi connectivity index (χ1n) is 15.8. The van der Waals surface area contributed by atoms with Crippen LogP contribution in [0.4, 0.5) is 4.79 Å². The van der Waals surface area contributed by atoms with Crippen molar-refractivity contribution in [3.63, 3.8) is 0 Å². The molecule has 1 aromatic heterocycles. The molecule has 45 heavy (non-hydrogen) atoms. The molecule has 3 N–H and O–H groups in total. The van der Waals surface area contributed by atoms with E-state index >= 15 is 0 Å². The molecule has 0 bridgehead atoms. The van der Waals surface area contributed by atoms with Crippen LogP contribution in [-0.2, 0) is 25.5 Å². The van der Waals surface area contributed by atoms with Crippen LogP contribution in [0.2, 0.25) is 0 Å². The summed E-state index contributed by atoms with van der Waals surface area (Å²) in [7, 11) is 3.03. The number of hydrogen-bond donors (Lipinski definition) is 3. The van der Waals surface area contributed by atoms with Crippen molar-refractivity contribution in [2.24, 2.45) is 11.3 Å². The Morgan fingerprint density at radius 1 is 1.20 bits per heavy atom. The Kier molecular flexibility index (Phi) is 9.57. The SMILES string of the molecule is COC(=O)[C@@H]1C[C@]2(C=Cc3c(c(CCCCC4CC[C@@H](OC(=O)N[C@H](C(=O)O)C(C)(C)C)C4)nc4ccc(OC)cc34)O2)CN1. The number of amides is 1. The molecule has 11 nitrogen and oxygen atoms in total. The van der Waals surface area contributed by atoms with Crippen molar-refractivity contribution in [1.29, 1.82) is 0 Å². The van der Waals surface area contributed by atoms with Crippen LogP contribution in [-0.4, -0.2) is 72.7 Å². The number of rotatable bonds is 10. The first-order chi connectivity index (χ1) is 21.4. The standard InChI is InChI=1S/C34H45N3O8/c1-33(2,3)29(30(38)39)37-32(41)44-22-11-10-20(16-22)8-6-7-9-26-28-23(24-17-21(42-4)12-13-25(24)36-26)14-15-34(45-28)18-27(35-19-34)31(40)43-5/h12-15,17,20,22,27,29,35H,6-11,16,18-19H2,1-5H3,(H,37,41)(H,38,39)/t20?,22-,27+,29-,34-/m1/s1. The summed E-state index contributed by atoms with van der Waals surface area (Å²) in [6, 6.07) is 4.40. The predicted octanol–water partition coefficient (Wildman–Crippen LogP) is 5.03. The van der Waals surface area contributed by atoms with Crippen molar-refractivity contribution >= 4 is 35.0 Å². The van der Waals surface area contributed by atoms with Crippen molar-refractivity contribution in [3.8, 4) is 11.5 Å². The van der Waals surface area contributed by atoms with Crippen LogP contribution in [0.15, 0.2) is 24.3 Å². The molecule has 3 aliphatic rings. The van der Waals surface area contributed by atoms with E-state index in [0.717, 1.165) is 78.6 Å². The second-order valence-corrected chi connectivity index (χ2v) is 13.6. The Hall–Kier alpha value is -3.86. The van der Waals surface area contributed by atoms with Gasteiger partial charge in [-0.3, -0.25) is 10.1 Å². The number of aryl methyl sites for hydroxylation is 1. The molecular formula is C34H45N3O8. The highest BCUT2D eigenvalue weighted by Gasteiger charge is 2.45. The molecule has 1 aromatic carbocycles. The molecule has 1 amide bonds. The van der Waals surface area contributed by atoms with Gasteiger partial charge in [0.2, 0.25) is 0 Å². The lowest BCUT2D eigenvalue weighted by Crippen LogP contribution is -2.49. The average molecular weight is 624 g/mol. The Morgan fingerprint density at radius 2 is 2.00 bits per heavy atom. The number of ether oxygens (including phenoxy) is 4. The fourth-order valence-corrected chi connectivity index (χ4v) is 6.73. The third kappa shape index (κ3) is 7.35. The fraction of sp³-hybridized carbons (Fsp3) is 0.588. The molecule has 1 unspecified atom stereocenters. The van der Waals surface area contributed by atoms with Crippen LogP contribution in [0.5, 0.6) is 11.5 Å². The van der Waals surface area contributed by atoms with Crippen molar-refractivity contribution in [3.05, 3.63) is 35.5 Å². The summed E-state index contributed by atoms with van der Waals surface area (Å²) in [5.74, 6) is 0.557. The highest BCUT2D eigenvalue weighted by atomic mass is 16.6. The Labute approximate surface area is 264 Å². The molecule has 244 valence electrons. The van der Waals surface area contributed by atoms with Crippen molar-refractivity contribution in [2.45, 2.75) is 95.9 Å². The zero-order valence-electron chi connectivity index (χ0n) is 26.8. The Balaban J connectivity index is 1.20. The van der Waals surface area contributed by atoms with Crippen molar-refractivity contribution in [1.82, 2.24) is 15.6 Å². The van der Waals surface area contributed by atoms with Gasteiger partial charge in [0, 0.05) is 23.9 Å². The van der Waals surface area contributed by atoms with E-state index in [2.05, 4.69) is 16.7 Å². The van der Waals surface area contributed by atoms with Gasteiger partial charge in [0.25, 0.3) is 0 Å². The zero-order valence-corrected chi connectivity index (χ0v) is 26.8. The lowest BCUT2D eigenvalue weighted by molar-refractivity contribution is -0.143. The largest absolute Gasteiger partial charge is 0.497 e. The number of fused-ring (bicyclic) bond motifs is 3. The van der Waals surface area contributed by atoms with Crippen molar-refractivity contribution in [2.75, 3.05) is 20.8 Å². The number of alkyl carbamates (subject to hydrolysis) is 1. The lowest BCUT2D eigenvalue weighted by Gasteiger charge is -2.32. The number of hydrogen-bond acceptors (Lipinski definition) is 9. The minimum Gasteiger partial charge on any atom is -0.497 e. The number of esters is 1. The topological polar surface area (TPSA) is 145 Å². The quantitative estimate of drug-likeness (QED) is 0.243. The minimum absolute atomic E-state index is 0.208. The van der Waals surface area contributed by atoms with E-state index in [1.165, 1.54) is 7.11 Å². The number of carboxylic acids is 1. The number of benzene rings is 1. The van der Waals surface area contributed by atoms with Gasteiger partial charge >= 0.3 is 18.0 Å². The maximum atomic E-state index is 12.4. The van der Waals surface area contributed by atoms with Gasteiger partial charge < -0.3 is 29.4 Å². The summed E-state index contributed by atoms with van der Waals surface area (Å²) >= 11 is 0. The third-order valence-electron chi connectivity index (χ3n) is 9.22. The van der Waals surface area contributed by atoms with Gasteiger partial charge in [-0.05, 0) is 67.7 Å². The summed E-state index contributed by atoms with van der Waals surface area (Å²) in [5.41, 5.74) is 1.44. The molecule has 3 heterocycles. The van der Waals surface area contributed by atoms with Crippen LogP contribution in [0, 0.1) is 11.3 Å². The number of carboxylic acid groups (broad SMARTS) is 1. The number of aliphatic carboxylic acids is 1. The third-order valence-corrected chi connectivity index (χ3v) is 9.22. The van der Waals surface area contributed by atoms with E-state index < -0.39 is 35.2 Å². The summed E-state index contributed by atoms with van der Waals surface area (Å²) in [4.78, 5) is 41.3. The molecular weight excluding hydrogens is 578 g/mol. The average Bonchev–Trinajstić information content (AvgIpc) is 3.63. The second-order valence-electron chi connectivity index (χ2n) is 13.6. The van der Waals surface area contributed by atoms with E-state index in [1.807, 2.05) is 24.3 Å². The number of pyridine rings is 1. The molecule has 0 radical (unpaired) electrons. The number of carbonyl (C=O) groups is 3. The van der Waals surface area contributed by atoms with Crippen LogP contribution in [0.1, 0.15) is 77.0 Å². The number of nitrogens with one attached hydrogen (secondary N) is 2. The minimum atomic E-state index is -1.08. The van der Waals surface area contributed by atoms with E-state index in [-0.39, 0.29) is 12.1 Å². The van der Waals surface area contributed by atoms with Crippen LogP contribution < -0.4 is 20.1 Å². The molecule has 2 fully saturated rings. The highest BCUT2D eigenvalue weighted by Crippen LogP contribution is 2.42. The molecule has 2 aromatic rings. The molecule has 5 rings (SSSR count). The molecule has 1 aliphatic carbocycles. The summed E-state index contributed by atoms with van der Waals surface area (Å²) in [6.45, 7) is 5.80. The molecule has 5 atom stereocenters. The number of aromatic nitrogens is 1. The Bertz CT molecular complexity index is 1470. The number of unbranched alkanes of at least 4 members (excludes halogenated alkanes) is 1. The van der Waals surface area contributed by atoms with Crippen LogP contribution in [0.25, 0.3) is 17.0 Å². The van der Waals surface area contributed by atoms with Gasteiger partial charge in [-0.25, -0.2) is 14.6 Å². The first kappa shape index (κ1) is 32.5. The van der Waals surface area contributed by atoms with Crippen LogP contribution in [0.3, 0.4) is 0 Å². The van der Waals surface area contributed by atoms with E-state index in [4.69, 9.17) is 23.9 Å². The molecule has 1 spiro atoms. The van der Waals surface area contributed by atoms with Gasteiger partial charge in [0.1, 0.15) is 35.3 Å². The highest BCUT2D eigenvalue weighted by molar-refractivity contribution is 5.93. The maximum Gasteiger partial charge on any atom is 0.408 e. The second kappa shape index (κ2) is 13.2. The molecule has 1 saturated carbocycles. The van der Waals surface area contributed by atoms with Crippen molar-refractivity contribution < 1.29 is 38.4 Å². The maximum absolute atomic E-state index is 12.4. The van der Waals surface area contributed by atoms with E-state index in [0.29, 0.717) is 18.9 Å². The summed E-state index contributed by atoms with van der Waals surface area (Å²) in [6.07, 6.45) is 9.88. The summed E-state index contributed by atoms with van der Waals surface area (Å²) < 4.78 is 22.7. The molecule has 2 aliphatic heterocycles. The predicted molar refractivity (Wildman–Crippen MR) is 168 cm³/mol. The summed E-state index contributed by atoms with van der Waals surface area (Å²) in [5, 5.41) is 16.2. The monoisotopic (exact) mass is 623 g/mol. The lowest BCUT2D eigenvalue weighted by atomic mass is 9.87. The molecule has 1 saturated heterocycles. The number of carbonyl (C=O) groups excluding carboxylic acids is 2.